The van der Waals surface area contributed by atoms with Gasteiger partial charge in [0.15, 0.2) is 0 Å². The van der Waals surface area contributed by atoms with E-state index in [1.807, 2.05) is 26.0 Å². The molecule has 1 rings (SSSR count). The predicted octanol–water partition coefficient (Wildman–Crippen LogP) is 1.07. The van der Waals surface area contributed by atoms with Crippen molar-refractivity contribution in [2.24, 2.45) is 5.73 Å². The standard InChI is InChI=1S/C11H18N2O2/c1-11(2,13-10(14)8-12)6-5-9-4-3-7-15-9/h3-4,7H,5-6,8,12H2,1-2H3,(H,13,14). The molecule has 0 radical (unpaired) electrons. The molecule has 0 aliphatic rings. The number of nitrogens with two attached hydrogens (primary N) is 1. The van der Waals surface area contributed by atoms with Crippen molar-refractivity contribution in [3.8, 4) is 0 Å². The summed E-state index contributed by atoms with van der Waals surface area (Å²) >= 11 is 0. The number of hydrogen-bond donors (Lipinski definition) is 2. The monoisotopic (exact) mass is 210 g/mol. The van der Waals surface area contributed by atoms with Crippen LogP contribution in [-0.2, 0) is 11.2 Å². The Morgan fingerprint density at radius 1 is 1.60 bits per heavy atom. The van der Waals surface area contributed by atoms with Gasteiger partial charge in [0.05, 0.1) is 12.8 Å². The van der Waals surface area contributed by atoms with Crippen LogP contribution in [0, 0.1) is 0 Å². The van der Waals surface area contributed by atoms with Crippen molar-refractivity contribution in [3.63, 3.8) is 0 Å². The second kappa shape index (κ2) is 4.98. The first-order valence-corrected chi connectivity index (χ1v) is 5.07. The minimum atomic E-state index is -0.247. The van der Waals surface area contributed by atoms with Gasteiger partial charge in [-0.15, -0.1) is 0 Å². The Kier molecular flexibility index (Phi) is 3.91. The van der Waals surface area contributed by atoms with Gasteiger partial charge in [0, 0.05) is 12.0 Å². The van der Waals surface area contributed by atoms with E-state index in [0.29, 0.717) is 0 Å². The first-order chi connectivity index (χ1) is 7.03. The van der Waals surface area contributed by atoms with E-state index in [2.05, 4.69) is 5.32 Å². The molecule has 1 heterocycles. The highest BCUT2D eigenvalue weighted by atomic mass is 16.3. The van der Waals surface area contributed by atoms with E-state index in [4.69, 9.17) is 10.2 Å². The van der Waals surface area contributed by atoms with Crippen LogP contribution in [0.5, 0.6) is 0 Å². The van der Waals surface area contributed by atoms with Crippen molar-refractivity contribution >= 4 is 5.91 Å². The molecule has 0 bridgehead atoms. The third kappa shape index (κ3) is 4.16. The predicted molar refractivity (Wildman–Crippen MR) is 58.3 cm³/mol. The van der Waals surface area contributed by atoms with Crippen molar-refractivity contribution in [2.75, 3.05) is 6.54 Å². The average Bonchev–Trinajstić information content (AvgIpc) is 2.66. The molecule has 15 heavy (non-hydrogen) atoms. The molecule has 0 aliphatic heterocycles. The fourth-order valence-corrected chi connectivity index (χ4v) is 1.38. The summed E-state index contributed by atoms with van der Waals surface area (Å²) < 4.78 is 5.22. The van der Waals surface area contributed by atoms with Gasteiger partial charge in [0.2, 0.25) is 5.91 Å². The molecule has 0 spiro atoms. The van der Waals surface area contributed by atoms with E-state index in [1.165, 1.54) is 0 Å². The molecule has 1 amide bonds. The quantitative estimate of drug-likeness (QED) is 0.763. The van der Waals surface area contributed by atoms with Crippen LogP contribution >= 0.6 is 0 Å². The molecular weight excluding hydrogens is 192 g/mol. The van der Waals surface area contributed by atoms with Crippen LogP contribution < -0.4 is 11.1 Å². The maximum Gasteiger partial charge on any atom is 0.234 e. The fraction of sp³-hybridized carbons (Fsp3) is 0.545. The number of amides is 1. The molecule has 0 aliphatic carbocycles. The molecule has 1 aromatic rings. The van der Waals surface area contributed by atoms with E-state index in [-0.39, 0.29) is 18.0 Å². The van der Waals surface area contributed by atoms with Gasteiger partial charge in [0.25, 0.3) is 0 Å². The molecule has 0 unspecified atom stereocenters. The summed E-state index contributed by atoms with van der Waals surface area (Å²) in [5, 5.41) is 2.86. The number of nitrogens with one attached hydrogen (secondary N) is 1. The molecule has 0 aromatic carbocycles. The third-order valence-electron chi connectivity index (χ3n) is 2.24. The topological polar surface area (TPSA) is 68.3 Å². The Labute approximate surface area is 89.8 Å². The second-order valence-corrected chi connectivity index (χ2v) is 4.22. The number of furan rings is 1. The van der Waals surface area contributed by atoms with Gasteiger partial charge in [-0.1, -0.05) is 0 Å². The van der Waals surface area contributed by atoms with Gasteiger partial charge in [0.1, 0.15) is 5.76 Å². The molecule has 4 heteroatoms. The lowest BCUT2D eigenvalue weighted by molar-refractivity contribution is -0.121. The molecular formula is C11H18N2O2. The number of carbonyl (C=O) groups excluding carboxylic acids is 1. The summed E-state index contributed by atoms with van der Waals surface area (Å²) in [7, 11) is 0. The smallest absolute Gasteiger partial charge is 0.234 e. The molecule has 0 atom stereocenters. The molecule has 4 nitrogen and oxygen atoms in total. The van der Waals surface area contributed by atoms with Gasteiger partial charge in [-0.05, 0) is 32.4 Å². The number of aryl methyl sites for hydroxylation is 1. The maximum atomic E-state index is 11.1. The highest BCUT2D eigenvalue weighted by molar-refractivity contribution is 5.78. The summed E-state index contributed by atoms with van der Waals surface area (Å²) in [4.78, 5) is 11.1. The van der Waals surface area contributed by atoms with Crippen molar-refractivity contribution in [1.29, 1.82) is 0 Å². The minimum absolute atomic E-state index is 0.0319. The molecule has 84 valence electrons. The van der Waals surface area contributed by atoms with Crippen LogP contribution in [0.3, 0.4) is 0 Å². The van der Waals surface area contributed by atoms with Crippen molar-refractivity contribution in [1.82, 2.24) is 5.32 Å². The summed E-state index contributed by atoms with van der Waals surface area (Å²) in [5.41, 5.74) is 4.99. The number of hydrogen-bond acceptors (Lipinski definition) is 3. The van der Waals surface area contributed by atoms with Crippen LogP contribution in [0.15, 0.2) is 22.8 Å². The Balaban J connectivity index is 2.39. The van der Waals surface area contributed by atoms with Crippen LogP contribution in [0.25, 0.3) is 0 Å². The van der Waals surface area contributed by atoms with Crippen LogP contribution in [-0.4, -0.2) is 18.0 Å². The first-order valence-electron chi connectivity index (χ1n) is 5.07. The van der Waals surface area contributed by atoms with Gasteiger partial charge < -0.3 is 15.5 Å². The maximum absolute atomic E-state index is 11.1. The highest BCUT2D eigenvalue weighted by Crippen LogP contribution is 2.13. The lowest BCUT2D eigenvalue weighted by Gasteiger charge is -2.25. The van der Waals surface area contributed by atoms with E-state index in [0.717, 1.165) is 18.6 Å². The number of carbonyl (C=O) groups is 1. The lowest BCUT2D eigenvalue weighted by atomic mass is 9.97. The lowest BCUT2D eigenvalue weighted by Crippen LogP contribution is -2.46. The second-order valence-electron chi connectivity index (χ2n) is 4.22. The third-order valence-corrected chi connectivity index (χ3v) is 2.24. The summed E-state index contributed by atoms with van der Waals surface area (Å²) in [5.74, 6) is 0.810. The van der Waals surface area contributed by atoms with Crippen molar-refractivity contribution < 1.29 is 9.21 Å². The largest absolute Gasteiger partial charge is 0.469 e. The molecule has 0 saturated heterocycles. The van der Waals surface area contributed by atoms with E-state index in [1.54, 1.807) is 6.26 Å². The molecule has 1 aromatic heterocycles. The Bertz CT molecular complexity index is 304. The van der Waals surface area contributed by atoms with Crippen LogP contribution in [0.4, 0.5) is 0 Å². The van der Waals surface area contributed by atoms with Gasteiger partial charge in [-0.25, -0.2) is 0 Å². The van der Waals surface area contributed by atoms with Crippen molar-refractivity contribution in [3.05, 3.63) is 24.2 Å². The molecule has 0 saturated carbocycles. The molecule has 3 N–H and O–H groups in total. The minimum Gasteiger partial charge on any atom is -0.469 e. The van der Waals surface area contributed by atoms with Crippen molar-refractivity contribution in [2.45, 2.75) is 32.2 Å². The summed E-state index contributed by atoms with van der Waals surface area (Å²) in [6.07, 6.45) is 3.29. The van der Waals surface area contributed by atoms with Crippen LogP contribution in [0.1, 0.15) is 26.0 Å². The van der Waals surface area contributed by atoms with Gasteiger partial charge in [-0.2, -0.15) is 0 Å². The SMILES string of the molecule is CC(C)(CCc1ccco1)NC(=O)CN. The Morgan fingerprint density at radius 3 is 2.87 bits per heavy atom. The zero-order valence-corrected chi connectivity index (χ0v) is 9.25. The highest BCUT2D eigenvalue weighted by Gasteiger charge is 2.19. The van der Waals surface area contributed by atoms with Crippen LogP contribution in [0.2, 0.25) is 0 Å². The van der Waals surface area contributed by atoms with E-state index in [9.17, 15) is 4.79 Å². The average molecular weight is 210 g/mol. The Morgan fingerprint density at radius 2 is 2.33 bits per heavy atom. The normalized spacial score (nSPS) is 11.4. The first kappa shape index (κ1) is 11.8. The number of rotatable bonds is 5. The molecule has 0 fully saturated rings. The fourth-order valence-electron chi connectivity index (χ4n) is 1.38. The van der Waals surface area contributed by atoms with Gasteiger partial charge >= 0.3 is 0 Å². The van der Waals surface area contributed by atoms with E-state index >= 15 is 0 Å². The zero-order valence-electron chi connectivity index (χ0n) is 9.25. The Hall–Kier alpha value is -1.29. The van der Waals surface area contributed by atoms with E-state index < -0.39 is 0 Å². The van der Waals surface area contributed by atoms with Gasteiger partial charge in [-0.3, -0.25) is 4.79 Å². The summed E-state index contributed by atoms with van der Waals surface area (Å²) in [6, 6.07) is 3.79. The summed E-state index contributed by atoms with van der Waals surface area (Å²) in [6.45, 7) is 3.98. The zero-order chi connectivity index (χ0) is 11.3.